The summed E-state index contributed by atoms with van der Waals surface area (Å²) in [5.74, 6) is 0. The first kappa shape index (κ1) is 16.9. The molecule has 0 bridgehead atoms. The van der Waals surface area contributed by atoms with Crippen LogP contribution in [0.5, 0.6) is 0 Å². The van der Waals surface area contributed by atoms with Gasteiger partial charge in [-0.05, 0) is 50.8 Å². The van der Waals surface area contributed by atoms with E-state index in [1.807, 2.05) is 18.2 Å². The zero-order valence-corrected chi connectivity index (χ0v) is 14.3. The number of nitrogens with one attached hydrogen (secondary N) is 1. The molecule has 1 saturated heterocycles. The molecule has 2 N–H and O–H groups in total. The van der Waals surface area contributed by atoms with Gasteiger partial charge < -0.3 is 15.3 Å². The van der Waals surface area contributed by atoms with Gasteiger partial charge in [0.15, 0.2) is 0 Å². The lowest BCUT2D eigenvalue weighted by molar-refractivity contribution is 0.108. The zero-order chi connectivity index (χ0) is 15.9. The van der Waals surface area contributed by atoms with Crippen LogP contribution in [0.3, 0.4) is 0 Å². The molecule has 1 aliphatic carbocycles. The highest BCUT2D eigenvalue weighted by molar-refractivity contribution is 5.15. The van der Waals surface area contributed by atoms with Crippen molar-refractivity contribution in [3.05, 3.63) is 35.9 Å². The van der Waals surface area contributed by atoms with Crippen LogP contribution in [0.1, 0.15) is 50.5 Å². The van der Waals surface area contributed by atoms with E-state index in [1.165, 1.54) is 63.6 Å². The second-order valence-electron chi connectivity index (χ2n) is 7.35. The summed E-state index contributed by atoms with van der Waals surface area (Å²) in [7, 11) is 0. The summed E-state index contributed by atoms with van der Waals surface area (Å²) in [6.07, 6.45) is 10.0. The highest BCUT2D eigenvalue weighted by Gasteiger charge is 2.26. The van der Waals surface area contributed by atoms with Gasteiger partial charge in [0.05, 0.1) is 6.10 Å². The van der Waals surface area contributed by atoms with Gasteiger partial charge in [-0.25, -0.2) is 0 Å². The van der Waals surface area contributed by atoms with E-state index in [4.69, 9.17) is 0 Å². The van der Waals surface area contributed by atoms with Crippen LogP contribution in [0.25, 0.3) is 0 Å². The van der Waals surface area contributed by atoms with E-state index in [1.54, 1.807) is 0 Å². The standard InChI is InChI=1S/C20H32N2O/c23-20(15-17-7-3-1-4-8-17)16-21-18-11-13-22(14-12-18)19-9-5-2-6-10-19/h1,3-4,7-8,18-21,23H,2,5-6,9-16H2. The smallest absolute Gasteiger partial charge is 0.0704 e. The predicted molar refractivity (Wildman–Crippen MR) is 95.6 cm³/mol. The molecule has 1 aliphatic heterocycles. The highest BCUT2D eigenvalue weighted by Crippen LogP contribution is 2.25. The van der Waals surface area contributed by atoms with Gasteiger partial charge in [0.2, 0.25) is 0 Å². The Morgan fingerprint density at radius 1 is 1.00 bits per heavy atom. The first-order valence-corrected chi connectivity index (χ1v) is 9.50. The van der Waals surface area contributed by atoms with Crippen molar-refractivity contribution in [1.29, 1.82) is 0 Å². The van der Waals surface area contributed by atoms with Crippen LogP contribution >= 0.6 is 0 Å². The molecule has 0 aromatic heterocycles. The number of likely N-dealkylation sites (tertiary alicyclic amines) is 1. The average Bonchev–Trinajstić information content (AvgIpc) is 2.62. The number of benzene rings is 1. The van der Waals surface area contributed by atoms with Crippen molar-refractivity contribution in [2.24, 2.45) is 0 Å². The summed E-state index contributed by atoms with van der Waals surface area (Å²) in [5, 5.41) is 13.8. The van der Waals surface area contributed by atoms with Gasteiger partial charge in [-0.2, -0.15) is 0 Å². The Morgan fingerprint density at radius 2 is 1.70 bits per heavy atom. The minimum absolute atomic E-state index is 0.284. The minimum Gasteiger partial charge on any atom is -0.391 e. The van der Waals surface area contributed by atoms with Crippen LogP contribution in [-0.2, 0) is 6.42 Å². The van der Waals surface area contributed by atoms with Gasteiger partial charge in [0.25, 0.3) is 0 Å². The molecule has 1 atom stereocenters. The van der Waals surface area contributed by atoms with E-state index in [2.05, 4.69) is 22.3 Å². The molecule has 23 heavy (non-hydrogen) atoms. The molecule has 3 nitrogen and oxygen atoms in total. The Morgan fingerprint density at radius 3 is 2.39 bits per heavy atom. The van der Waals surface area contributed by atoms with Crippen molar-refractivity contribution < 1.29 is 5.11 Å². The van der Waals surface area contributed by atoms with E-state index in [0.717, 1.165) is 12.5 Å². The second kappa shape index (κ2) is 8.81. The molecule has 2 fully saturated rings. The molecule has 3 heteroatoms. The minimum atomic E-state index is -0.284. The van der Waals surface area contributed by atoms with Crippen molar-refractivity contribution in [3.63, 3.8) is 0 Å². The van der Waals surface area contributed by atoms with Crippen LogP contribution in [0.2, 0.25) is 0 Å². The summed E-state index contributed by atoms with van der Waals surface area (Å²) in [5.41, 5.74) is 1.22. The van der Waals surface area contributed by atoms with E-state index in [0.29, 0.717) is 12.6 Å². The summed E-state index contributed by atoms with van der Waals surface area (Å²) in [6, 6.07) is 11.7. The first-order valence-electron chi connectivity index (χ1n) is 9.50. The molecule has 1 saturated carbocycles. The molecule has 0 amide bonds. The predicted octanol–water partition coefficient (Wildman–Crippen LogP) is 2.98. The number of aliphatic hydroxyl groups excluding tert-OH is 1. The monoisotopic (exact) mass is 316 g/mol. The quantitative estimate of drug-likeness (QED) is 0.847. The molecule has 1 aromatic rings. The average molecular weight is 316 g/mol. The Bertz CT molecular complexity index is 436. The summed E-state index contributed by atoms with van der Waals surface area (Å²) < 4.78 is 0. The van der Waals surface area contributed by atoms with E-state index in [9.17, 15) is 5.11 Å². The molecule has 1 heterocycles. The molecule has 1 aromatic carbocycles. The van der Waals surface area contributed by atoms with Crippen LogP contribution in [-0.4, -0.2) is 47.8 Å². The fourth-order valence-corrected chi connectivity index (χ4v) is 4.18. The molecular formula is C20H32N2O. The maximum atomic E-state index is 10.2. The summed E-state index contributed by atoms with van der Waals surface area (Å²) >= 11 is 0. The summed E-state index contributed by atoms with van der Waals surface area (Å²) in [6.45, 7) is 3.18. The molecule has 3 rings (SSSR count). The van der Waals surface area contributed by atoms with Gasteiger partial charge in [-0.15, -0.1) is 0 Å². The number of rotatable bonds is 6. The van der Waals surface area contributed by atoms with Crippen molar-refractivity contribution in [2.75, 3.05) is 19.6 Å². The maximum absolute atomic E-state index is 10.2. The van der Waals surface area contributed by atoms with Crippen LogP contribution in [0.4, 0.5) is 0 Å². The number of nitrogens with zero attached hydrogens (tertiary/aromatic N) is 1. The fraction of sp³-hybridized carbons (Fsp3) is 0.700. The zero-order valence-electron chi connectivity index (χ0n) is 14.3. The Hall–Kier alpha value is -0.900. The number of piperidine rings is 1. The SMILES string of the molecule is OC(CNC1CCN(C2CCCCC2)CC1)Cc1ccccc1. The molecule has 1 unspecified atom stereocenters. The van der Waals surface area contributed by atoms with Crippen LogP contribution in [0, 0.1) is 0 Å². The van der Waals surface area contributed by atoms with Gasteiger partial charge in [-0.3, -0.25) is 0 Å². The normalized spacial score (nSPS) is 23.0. The van der Waals surface area contributed by atoms with E-state index in [-0.39, 0.29) is 6.10 Å². The van der Waals surface area contributed by atoms with Crippen molar-refractivity contribution in [3.8, 4) is 0 Å². The topological polar surface area (TPSA) is 35.5 Å². The Labute approximate surface area is 141 Å². The largest absolute Gasteiger partial charge is 0.391 e. The maximum Gasteiger partial charge on any atom is 0.0704 e. The third kappa shape index (κ3) is 5.30. The van der Waals surface area contributed by atoms with Crippen molar-refractivity contribution in [2.45, 2.75) is 69.6 Å². The number of hydrogen-bond acceptors (Lipinski definition) is 3. The Balaban J connectivity index is 1.34. The lowest BCUT2D eigenvalue weighted by atomic mass is 9.92. The Kier molecular flexibility index (Phi) is 6.49. The second-order valence-corrected chi connectivity index (χ2v) is 7.35. The van der Waals surface area contributed by atoms with Gasteiger partial charge in [0.1, 0.15) is 0 Å². The van der Waals surface area contributed by atoms with Gasteiger partial charge >= 0.3 is 0 Å². The van der Waals surface area contributed by atoms with Crippen molar-refractivity contribution >= 4 is 0 Å². The van der Waals surface area contributed by atoms with E-state index >= 15 is 0 Å². The number of aliphatic hydroxyl groups is 1. The molecule has 0 spiro atoms. The first-order chi connectivity index (χ1) is 11.3. The fourth-order valence-electron chi connectivity index (χ4n) is 4.18. The lowest BCUT2D eigenvalue weighted by Crippen LogP contribution is -2.48. The number of hydrogen-bond donors (Lipinski definition) is 2. The third-order valence-corrected chi connectivity index (χ3v) is 5.58. The van der Waals surface area contributed by atoms with Crippen molar-refractivity contribution in [1.82, 2.24) is 10.2 Å². The van der Waals surface area contributed by atoms with Crippen LogP contribution < -0.4 is 5.32 Å². The van der Waals surface area contributed by atoms with E-state index < -0.39 is 0 Å². The lowest BCUT2D eigenvalue weighted by Gasteiger charge is -2.39. The van der Waals surface area contributed by atoms with Crippen LogP contribution in [0.15, 0.2) is 30.3 Å². The molecule has 2 aliphatic rings. The summed E-state index contributed by atoms with van der Waals surface area (Å²) in [4.78, 5) is 2.72. The molecule has 0 radical (unpaired) electrons. The highest BCUT2D eigenvalue weighted by atomic mass is 16.3. The third-order valence-electron chi connectivity index (χ3n) is 5.58. The molecule has 128 valence electrons. The van der Waals surface area contributed by atoms with Gasteiger partial charge in [-0.1, -0.05) is 49.6 Å². The molecular weight excluding hydrogens is 284 g/mol. The van der Waals surface area contributed by atoms with Gasteiger partial charge in [0, 0.05) is 18.6 Å².